The van der Waals surface area contributed by atoms with Crippen molar-refractivity contribution >= 4 is 0 Å². The van der Waals surface area contributed by atoms with Crippen LogP contribution in [0.15, 0.2) is 42.5 Å². The van der Waals surface area contributed by atoms with Crippen molar-refractivity contribution in [3.63, 3.8) is 0 Å². The molecule has 0 saturated carbocycles. The normalized spacial score (nSPS) is 20.9. The quantitative estimate of drug-likeness (QED) is 0.827. The van der Waals surface area contributed by atoms with E-state index in [2.05, 4.69) is 53.2 Å². The molecule has 5 nitrogen and oxygen atoms in total. The summed E-state index contributed by atoms with van der Waals surface area (Å²) in [4.78, 5) is 4.94. The van der Waals surface area contributed by atoms with Gasteiger partial charge in [-0.15, -0.1) is 0 Å². The molecule has 1 saturated heterocycles. The van der Waals surface area contributed by atoms with Crippen LogP contribution in [0, 0.1) is 0 Å². The smallest absolute Gasteiger partial charge is 0.164 e. The Morgan fingerprint density at radius 3 is 2.52 bits per heavy atom. The summed E-state index contributed by atoms with van der Waals surface area (Å²) in [5.41, 5.74) is 2.52. The lowest BCUT2D eigenvalue weighted by molar-refractivity contribution is 0.0898. The zero-order chi connectivity index (χ0) is 18.6. The summed E-state index contributed by atoms with van der Waals surface area (Å²) in [6.07, 6.45) is 0.906. The van der Waals surface area contributed by atoms with Crippen LogP contribution in [-0.2, 0) is 6.54 Å². The van der Waals surface area contributed by atoms with Crippen molar-refractivity contribution < 1.29 is 14.2 Å². The van der Waals surface area contributed by atoms with E-state index in [0.717, 1.165) is 55.4 Å². The molecular weight excluding hydrogens is 340 g/mol. The molecule has 144 valence electrons. The monoisotopic (exact) mass is 368 g/mol. The lowest BCUT2D eigenvalue weighted by Gasteiger charge is -2.40. The molecule has 2 aliphatic heterocycles. The summed E-state index contributed by atoms with van der Waals surface area (Å²) >= 11 is 0. The SMILES string of the molecule is COc1cc2c(cc1CN1CCN(C)[C@H](c3ccccc3)C1)OCCCO2. The van der Waals surface area contributed by atoms with Gasteiger partial charge in [0.05, 0.1) is 20.3 Å². The molecule has 0 spiro atoms. The third-order valence-corrected chi connectivity index (χ3v) is 5.46. The van der Waals surface area contributed by atoms with Gasteiger partial charge in [0.2, 0.25) is 0 Å². The van der Waals surface area contributed by atoms with Gasteiger partial charge >= 0.3 is 0 Å². The highest BCUT2D eigenvalue weighted by Crippen LogP contribution is 2.37. The molecule has 0 bridgehead atoms. The maximum Gasteiger partial charge on any atom is 0.164 e. The Morgan fingerprint density at radius 1 is 1.04 bits per heavy atom. The van der Waals surface area contributed by atoms with Crippen molar-refractivity contribution in [2.45, 2.75) is 19.0 Å². The number of likely N-dealkylation sites (N-methyl/N-ethyl adjacent to an activating group) is 1. The number of methoxy groups -OCH3 is 1. The van der Waals surface area contributed by atoms with Crippen LogP contribution in [0.3, 0.4) is 0 Å². The number of nitrogens with zero attached hydrogens (tertiary/aromatic N) is 2. The number of hydrogen-bond acceptors (Lipinski definition) is 5. The fourth-order valence-corrected chi connectivity index (χ4v) is 3.90. The first-order valence-electron chi connectivity index (χ1n) is 9.68. The van der Waals surface area contributed by atoms with Gasteiger partial charge in [0.15, 0.2) is 11.5 Å². The molecule has 0 unspecified atom stereocenters. The summed E-state index contributed by atoms with van der Waals surface area (Å²) < 4.78 is 17.3. The molecule has 1 atom stereocenters. The van der Waals surface area contributed by atoms with Crippen molar-refractivity contribution in [3.05, 3.63) is 53.6 Å². The highest BCUT2D eigenvalue weighted by atomic mass is 16.5. The molecule has 27 heavy (non-hydrogen) atoms. The van der Waals surface area contributed by atoms with Crippen molar-refractivity contribution in [3.8, 4) is 17.2 Å². The third-order valence-electron chi connectivity index (χ3n) is 5.46. The second-order valence-electron chi connectivity index (χ2n) is 7.30. The van der Waals surface area contributed by atoms with Crippen LogP contribution in [0.25, 0.3) is 0 Å². The van der Waals surface area contributed by atoms with Crippen molar-refractivity contribution in [2.75, 3.05) is 47.0 Å². The van der Waals surface area contributed by atoms with E-state index in [0.29, 0.717) is 19.3 Å². The summed E-state index contributed by atoms with van der Waals surface area (Å²) in [5, 5.41) is 0. The maximum absolute atomic E-state index is 5.88. The number of hydrogen-bond donors (Lipinski definition) is 0. The van der Waals surface area contributed by atoms with Gasteiger partial charge in [-0.2, -0.15) is 0 Å². The van der Waals surface area contributed by atoms with Gasteiger partial charge in [0.1, 0.15) is 5.75 Å². The van der Waals surface area contributed by atoms with Crippen LogP contribution in [-0.4, -0.2) is 56.8 Å². The largest absolute Gasteiger partial charge is 0.496 e. The minimum Gasteiger partial charge on any atom is -0.496 e. The Labute approximate surface area is 161 Å². The molecule has 2 heterocycles. The van der Waals surface area contributed by atoms with Gasteiger partial charge < -0.3 is 14.2 Å². The molecule has 0 radical (unpaired) electrons. The average Bonchev–Trinajstić information content (AvgIpc) is 2.94. The van der Waals surface area contributed by atoms with Gasteiger partial charge in [-0.05, 0) is 18.7 Å². The van der Waals surface area contributed by atoms with Gasteiger partial charge in [0, 0.05) is 50.3 Å². The zero-order valence-electron chi connectivity index (χ0n) is 16.2. The predicted octanol–water partition coefficient (Wildman–Crippen LogP) is 3.35. The topological polar surface area (TPSA) is 34.2 Å². The molecule has 2 aromatic rings. The highest BCUT2D eigenvalue weighted by molar-refractivity contribution is 5.51. The minimum absolute atomic E-state index is 0.409. The van der Waals surface area contributed by atoms with E-state index in [-0.39, 0.29) is 0 Å². The molecule has 0 N–H and O–H groups in total. The van der Waals surface area contributed by atoms with Crippen molar-refractivity contribution in [1.82, 2.24) is 9.80 Å². The van der Waals surface area contributed by atoms with Crippen LogP contribution in [0.4, 0.5) is 0 Å². The Balaban J connectivity index is 1.54. The van der Waals surface area contributed by atoms with Gasteiger partial charge in [-0.25, -0.2) is 0 Å². The number of ether oxygens (including phenoxy) is 3. The number of piperazine rings is 1. The number of benzene rings is 2. The summed E-state index contributed by atoms with van der Waals surface area (Å²) in [6.45, 7) is 5.31. The van der Waals surface area contributed by atoms with Crippen molar-refractivity contribution in [1.29, 1.82) is 0 Å². The molecule has 0 aromatic heterocycles. The summed E-state index contributed by atoms with van der Waals surface area (Å²) in [6, 6.07) is 15.2. The lowest BCUT2D eigenvalue weighted by Crippen LogP contribution is -2.46. The maximum atomic E-state index is 5.88. The Bertz CT molecular complexity index is 766. The third kappa shape index (κ3) is 4.04. The molecule has 4 rings (SSSR count). The Hall–Kier alpha value is -2.24. The minimum atomic E-state index is 0.409. The van der Waals surface area contributed by atoms with Gasteiger partial charge in [-0.3, -0.25) is 9.80 Å². The van der Waals surface area contributed by atoms with Crippen LogP contribution in [0.5, 0.6) is 17.2 Å². The summed E-state index contributed by atoms with van der Waals surface area (Å²) in [5.74, 6) is 2.49. The molecule has 2 aromatic carbocycles. The van der Waals surface area contributed by atoms with Gasteiger partial charge in [0.25, 0.3) is 0 Å². The molecule has 5 heteroatoms. The number of fused-ring (bicyclic) bond motifs is 1. The fraction of sp³-hybridized carbons (Fsp3) is 0.455. The second-order valence-corrected chi connectivity index (χ2v) is 7.30. The van der Waals surface area contributed by atoms with E-state index in [1.165, 1.54) is 5.56 Å². The first-order chi connectivity index (χ1) is 13.2. The summed E-state index contributed by atoms with van der Waals surface area (Å²) in [7, 11) is 3.93. The van der Waals surface area contributed by atoms with Gasteiger partial charge in [-0.1, -0.05) is 30.3 Å². The number of rotatable bonds is 4. The first kappa shape index (κ1) is 18.1. The van der Waals surface area contributed by atoms with E-state index in [9.17, 15) is 0 Å². The molecule has 1 fully saturated rings. The predicted molar refractivity (Wildman–Crippen MR) is 106 cm³/mol. The second kappa shape index (κ2) is 8.19. The van der Waals surface area contributed by atoms with E-state index >= 15 is 0 Å². The molecular formula is C22H28N2O3. The Kier molecular flexibility index (Phi) is 5.50. The first-order valence-corrected chi connectivity index (χ1v) is 9.68. The highest BCUT2D eigenvalue weighted by Gasteiger charge is 2.26. The fourth-order valence-electron chi connectivity index (χ4n) is 3.90. The van der Waals surface area contributed by atoms with Crippen molar-refractivity contribution in [2.24, 2.45) is 0 Å². The molecule has 2 aliphatic rings. The molecule has 0 aliphatic carbocycles. The van der Waals surface area contributed by atoms with Crippen LogP contribution in [0.1, 0.15) is 23.6 Å². The van der Waals surface area contributed by atoms with E-state index in [4.69, 9.17) is 14.2 Å². The lowest BCUT2D eigenvalue weighted by atomic mass is 10.0. The molecule has 0 amide bonds. The average molecular weight is 368 g/mol. The van der Waals surface area contributed by atoms with Crippen LogP contribution >= 0.6 is 0 Å². The van der Waals surface area contributed by atoms with E-state index in [1.54, 1.807) is 7.11 Å². The van der Waals surface area contributed by atoms with E-state index < -0.39 is 0 Å². The zero-order valence-corrected chi connectivity index (χ0v) is 16.2. The van der Waals surface area contributed by atoms with E-state index in [1.807, 2.05) is 6.07 Å². The van der Waals surface area contributed by atoms with Crippen LogP contribution < -0.4 is 14.2 Å². The van der Waals surface area contributed by atoms with Crippen LogP contribution in [0.2, 0.25) is 0 Å². The standard InChI is InChI=1S/C22H28N2O3/c1-23-9-10-24(16-19(23)17-7-4-3-5-8-17)15-18-13-21-22(14-20(18)25-2)27-12-6-11-26-21/h3-5,7-8,13-14,19H,6,9-12,15-16H2,1-2H3/t19-/m0/s1. The Morgan fingerprint density at radius 2 is 1.78 bits per heavy atom.